The van der Waals surface area contributed by atoms with Gasteiger partial charge in [-0.3, -0.25) is 4.79 Å². The molecular formula is C93H87NO4P4PdS. The van der Waals surface area contributed by atoms with Gasteiger partial charge in [-0.1, -0.05) is 431 Å². The Morgan fingerprint density at radius 1 is 0.269 bits per heavy atom. The minimum Gasteiger partial charge on any atom is -0.481 e. The van der Waals surface area contributed by atoms with Gasteiger partial charge in [-0.05, 0) is 125 Å². The molecule has 0 unspecified atom stereocenters. The summed E-state index contributed by atoms with van der Waals surface area (Å²) in [6.45, 7) is 0.801. The first-order valence-corrected chi connectivity index (χ1v) is 42.0. The quantitative estimate of drug-likeness (QED) is 0.0393. The van der Waals surface area contributed by atoms with Gasteiger partial charge in [0.25, 0.3) is 0 Å². The number of carboxylic acids is 1. The molecule has 0 amide bonds. The van der Waals surface area contributed by atoms with Gasteiger partial charge in [0.05, 0.1) is 6.26 Å². The van der Waals surface area contributed by atoms with Crippen LogP contribution in [0.5, 0.6) is 0 Å². The molecule has 11 heteroatoms. The third kappa shape index (κ3) is 25.3. The predicted molar refractivity (Wildman–Crippen MR) is 448 cm³/mol. The predicted octanol–water partition coefficient (Wildman–Crippen LogP) is 17.9. The summed E-state index contributed by atoms with van der Waals surface area (Å²) in [6.07, 6.45) is 4.39. The number of nitrogens with zero attached hydrogens (tertiary/aromatic N) is 1. The van der Waals surface area contributed by atoms with Crippen LogP contribution in [0.2, 0.25) is 0 Å². The van der Waals surface area contributed by atoms with Gasteiger partial charge in [0, 0.05) is 39.9 Å². The zero-order chi connectivity index (χ0) is 71.4. The molecule has 0 aliphatic heterocycles. The molecule has 0 spiro atoms. The standard InChI is InChI=1S/C21H27NO4S.4C18H15P.Pd/c1-27(25,26)22(16-8-3-2-7-11-21(23)24)17-18-12-14-20(15-13-18)19-9-5-4-6-10-19;4*1-4-10-16(11-5-1)19(17-12-6-2-7-13-17)18-14-8-3-9-15-18;/h4-6,9-10,12-15H,2-3,7-8,11,16-17H2,1H3,(H,23,24);4*1-15H;. The molecule has 0 saturated heterocycles. The van der Waals surface area contributed by atoms with E-state index in [1.165, 1.54) is 74.2 Å². The number of carboxylic acid groups (broad SMARTS) is 1. The molecule has 1 N–H and O–H groups in total. The summed E-state index contributed by atoms with van der Waals surface area (Å²) in [5.74, 6) is -0.785. The Morgan fingerprint density at radius 3 is 0.644 bits per heavy atom. The topological polar surface area (TPSA) is 74.7 Å². The fraction of sp³-hybridized carbons (Fsp3) is 0.0860. The number of hydrogen-bond donors (Lipinski definition) is 1. The summed E-state index contributed by atoms with van der Waals surface area (Å²) in [5, 5.41) is 25.4. The molecule has 104 heavy (non-hydrogen) atoms. The van der Waals surface area contributed by atoms with Crippen molar-refractivity contribution in [2.45, 2.75) is 38.6 Å². The first kappa shape index (κ1) is 79.0. The van der Waals surface area contributed by atoms with E-state index in [1.807, 2.05) is 54.6 Å². The summed E-state index contributed by atoms with van der Waals surface area (Å²) in [6, 6.07) is 147. The van der Waals surface area contributed by atoms with E-state index in [2.05, 4.69) is 364 Å². The molecule has 14 aromatic rings. The Hall–Kier alpha value is -9.16. The zero-order valence-electron chi connectivity index (χ0n) is 58.4. The first-order valence-electron chi connectivity index (χ1n) is 34.8. The molecule has 0 bridgehead atoms. The van der Waals surface area contributed by atoms with Crippen molar-refractivity contribution in [3.8, 4) is 11.1 Å². The maximum atomic E-state index is 12.1. The maximum Gasteiger partial charge on any atom is 0.303 e. The minimum atomic E-state index is -3.29. The second kappa shape index (κ2) is 43.8. The third-order valence-electron chi connectivity index (χ3n) is 16.6. The van der Waals surface area contributed by atoms with Gasteiger partial charge in [0.15, 0.2) is 0 Å². The molecule has 14 aromatic carbocycles. The van der Waals surface area contributed by atoms with Gasteiger partial charge in [0.2, 0.25) is 10.0 Å². The summed E-state index contributed by atoms with van der Waals surface area (Å²) in [4.78, 5) is 10.5. The van der Waals surface area contributed by atoms with E-state index in [0.717, 1.165) is 36.0 Å². The van der Waals surface area contributed by atoms with Crippen LogP contribution in [0, 0.1) is 0 Å². The van der Waals surface area contributed by atoms with Crippen LogP contribution in [0.25, 0.3) is 11.1 Å². The van der Waals surface area contributed by atoms with Gasteiger partial charge in [-0.2, -0.15) is 4.31 Å². The number of sulfonamides is 1. The van der Waals surface area contributed by atoms with Crippen molar-refractivity contribution in [1.29, 1.82) is 0 Å². The number of aliphatic carboxylic acids is 1. The van der Waals surface area contributed by atoms with E-state index in [-0.39, 0.29) is 26.8 Å². The monoisotopic (exact) mass is 1540 g/mol. The van der Waals surface area contributed by atoms with Crippen molar-refractivity contribution in [2.24, 2.45) is 0 Å². The SMILES string of the molecule is CS(=O)(=O)N(CCCCCCC(=O)O)Cc1ccc(-c2ccccc2)cc1.[Pd].c1ccc(P(c2ccccc2)c2ccccc2)cc1.c1ccc(P(c2ccccc2)c2ccccc2)cc1.c1ccc(P(c2ccccc2)c2ccccc2)cc1.c1ccc(P(c2ccccc2)c2ccccc2)cc1. The maximum absolute atomic E-state index is 12.1. The van der Waals surface area contributed by atoms with Crippen molar-refractivity contribution < 1.29 is 38.7 Å². The molecule has 0 aliphatic rings. The van der Waals surface area contributed by atoms with Crippen LogP contribution < -0.4 is 63.7 Å². The number of unbranched alkanes of at least 4 members (excludes halogenated alkanes) is 3. The van der Waals surface area contributed by atoms with Crippen molar-refractivity contribution in [1.82, 2.24) is 4.31 Å². The smallest absolute Gasteiger partial charge is 0.303 e. The average molecular weight is 1550 g/mol. The van der Waals surface area contributed by atoms with E-state index in [0.29, 0.717) is 19.5 Å². The molecule has 5 nitrogen and oxygen atoms in total. The van der Waals surface area contributed by atoms with Crippen molar-refractivity contribution >= 4 is 111 Å². The van der Waals surface area contributed by atoms with Crippen LogP contribution in [0.4, 0.5) is 0 Å². The summed E-state index contributed by atoms with van der Waals surface area (Å²) >= 11 is 0. The Balaban J connectivity index is 0.000000151. The Bertz CT molecular complexity index is 3890. The van der Waals surface area contributed by atoms with Crippen LogP contribution in [0.3, 0.4) is 0 Å². The zero-order valence-corrected chi connectivity index (χ0v) is 64.4. The number of benzene rings is 14. The minimum absolute atomic E-state index is 0. The molecule has 0 radical (unpaired) electrons. The van der Waals surface area contributed by atoms with Crippen molar-refractivity contribution in [3.63, 3.8) is 0 Å². The fourth-order valence-corrected chi connectivity index (χ4v) is 21.7. The number of carbonyl (C=O) groups is 1. The molecule has 0 atom stereocenters. The molecule has 0 aromatic heterocycles. The van der Waals surface area contributed by atoms with E-state index in [1.54, 1.807) is 0 Å². The second-order valence-electron chi connectivity index (χ2n) is 24.1. The molecule has 0 heterocycles. The van der Waals surface area contributed by atoms with Crippen LogP contribution in [0.15, 0.2) is 419 Å². The Labute approximate surface area is 636 Å². The van der Waals surface area contributed by atoms with Gasteiger partial charge in [0.1, 0.15) is 0 Å². The van der Waals surface area contributed by atoms with Crippen LogP contribution in [0.1, 0.15) is 37.7 Å². The van der Waals surface area contributed by atoms with E-state index >= 15 is 0 Å². The molecule has 14 rings (SSSR count). The van der Waals surface area contributed by atoms with Crippen molar-refractivity contribution in [2.75, 3.05) is 12.8 Å². The second-order valence-corrected chi connectivity index (χ2v) is 34.9. The average Bonchev–Trinajstić information content (AvgIpc) is 0.850. The Kier molecular flexibility index (Phi) is 33.3. The number of rotatable bonds is 23. The van der Waals surface area contributed by atoms with E-state index in [9.17, 15) is 13.2 Å². The van der Waals surface area contributed by atoms with E-state index < -0.39 is 47.7 Å². The van der Waals surface area contributed by atoms with Gasteiger partial charge >= 0.3 is 5.97 Å². The molecule has 0 fully saturated rings. The van der Waals surface area contributed by atoms with Gasteiger partial charge in [-0.25, -0.2) is 8.42 Å². The first-order chi connectivity index (χ1) is 50.7. The summed E-state index contributed by atoms with van der Waals surface area (Å²) in [5.41, 5.74) is 3.18. The molecule has 0 saturated carbocycles. The van der Waals surface area contributed by atoms with Crippen LogP contribution in [-0.2, 0) is 41.8 Å². The molecular weight excluding hydrogens is 1460 g/mol. The van der Waals surface area contributed by atoms with E-state index in [4.69, 9.17) is 5.11 Å². The largest absolute Gasteiger partial charge is 0.481 e. The van der Waals surface area contributed by atoms with Crippen molar-refractivity contribution in [3.05, 3.63) is 424 Å². The summed E-state index contributed by atoms with van der Waals surface area (Å²) in [7, 11) is -5.08. The summed E-state index contributed by atoms with van der Waals surface area (Å²) < 4.78 is 25.7. The molecule has 0 aliphatic carbocycles. The van der Waals surface area contributed by atoms with Crippen LogP contribution >= 0.6 is 31.7 Å². The van der Waals surface area contributed by atoms with Gasteiger partial charge in [-0.15, -0.1) is 0 Å². The normalized spacial score (nSPS) is 10.8. The van der Waals surface area contributed by atoms with Gasteiger partial charge < -0.3 is 5.11 Å². The fourth-order valence-electron chi connectivity index (χ4n) is 11.6. The third-order valence-corrected chi connectivity index (χ3v) is 27.6. The number of hydrogen-bond acceptors (Lipinski definition) is 3. The van der Waals surface area contributed by atoms with Crippen LogP contribution in [-0.4, -0.2) is 36.6 Å². The Morgan fingerprint density at radius 2 is 0.452 bits per heavy atom. The molecule has 524 valence electrons.